The summed E-state index contributed by atoms with van der Waals surface area (Å²) in [6, 6.07) is 4.72. The number of carboxylic acids is 1. The van der Waals surface area contributed by atoms with Crippen LogP contribution >= 0.6 is 23.4 Å². The number of benzene rings is 1. The minimum atomic E-state index is -1.07. The number of carbonyl (C=O) groups excluding carboxylic acids is 1. The Balaban J connectivity index is 2.72. The molecule has 98 valence electrons. The quantitative estimate of drug-likeness (QED) is 0.846. The number of thioether (sulfide) groups is 1. The molecule has 4 nitrogen and oxygen atoms in total. The molecule has 0 aliphatic rings. The standard InChI is InChI=1S/C12H14ClNO3S/c1-3-14(2)11(15)7-18-8-4-5-10(13)9(6-8)12(16)17/h4-6H,3,7H2,1-2H3,(H,16,17). The number of hydrogen-bond acceptors (Lipinski definition) is 3. The van der Waals surface area contributed by atoms with Crippen molar-refractivity contribution in [3.8, 4) is 0 Å². The number of carbonyl (C=O) groups is 2. The molecule has 0 fully saturated rings. The molecule has 1 aromatic rings. The van der Waals surface area contributed by atoms with E-state index in [1.165, 1.54) is 23.9 Å². The second kappa shape index (κ2) is 6.66. The summed E-state index contributed by atoms with van der Waals surface area (Å²) in [6.45, 7) is 2.55. The van der Waals surface area contributed by atoms with Crippen molar-refractivity contribution < 1.29 is 14.7 Å². The van der Waals surface area contributed by atoms with Crippen LogP contribution in [0.2, 0.25) is 5.02 Å². The van der Waals surface area contributed by atoms with E-state index in [1.807, 2.05) is 6.92 Å². The molecule has 1 amide bonds. The fourth-order valence-electron chi connectivity index (χ4n) is 1.19. The van der Waals surface area contributed by atoms with E-state index in [9.17, 15) is 9.59 Å². The van der Waals surface area contributed by atoms with E-state index in [2.05, 4.69) is 0 Å². The van der Waals surface area contributed by atoms with Crippen LogP contribution in [0.25, 0.3) is 0 Å². The fourth-order valence-corrected chi connectivity index (χ4v) is 2.26. The number of hydrogen-bond donors (Lipinski definition) is 1. The molecule has 0 saturated carbocycles. The second-order valence-electron chi connectivity index (χ2n) is 3.64. The summed E-state index contributed by atoms with van der Waals surface area (Å²) in [5, 5.41) is 9.12. The van der Waals surface area contributed by atoms with Crippen LogP contribution in [0.15, 0.2) is 23.1 Å². The van der Waals surface area contributed by atoms with E-state index < -0.39 is 5.97 Å². The van der Waals surface area contributed by atoms with Crippen LogP contribution in [-0.2, 0) is 4.79 Å². The van der Waals surface area contributed by atoms with Gasteiger partial charge in [0.25, 0.3) is 0 Å². The van der Waals surface area contributed by atoms with Crippen LogP contribution in [0.3, 0.4) is 0 Å². The molecule has 1 N–H and O–H groups in total. The lowest BCUT2D eigenvalue weighted by atomic mass is 10.2. The number of aromatic carboxylic acids is 1. The zero-order valence-electron chi connectivity index (χ0n) is 10.1. The van der Waals surface area contributed by atoms with Crippen LogP contribution < -0.4 is 0 Å². The van der Waals surface area contributed by atoms with Crippen molar-refractivity contribution in [2.24, 2.45) is 0 Å². The summed E-state index contributed by atoms with van der Waals surface area (Å²) >= 11 is 7.06. The molecule has 6 heteroatoms. The summed E-state index contributed by atoms with van der Waals surface area (Å²) in [5.74, 6) is -0.779. The molecule has 18 heavy (non-hydrogen) atoms. The lowest BCUT2D eigenvalue weighted by Gasteiger charge is -2.13. The monoisotopic (exact) mass is 287 g/mol. The Bertz CT molecular complexity index is 465. The molecule has 0 saturated heterocycles. The predicted octanol–water partition coefficient (Wildman–Crippen LogP) is 2.61. The summed E-state index contributed by atoms with van der Waals surface area (Å²) in [5.41, 5.74) is 0.0537. The second-order valence-corrected chi connectivity index (χ2v) is 5.10. The maximum absolute atomic E-state index is 11.6. The van der Waals surface area contributed by atoms with Gasteiger partial charge in [-0.1, -0.05) is 11.6 Å². The Kier molecular flexibility index (Phi) is 5.50. The van der Waals surface area contributed by atoms with E-state index >= 15 is 0 Å². The van der Waals surface area contributed by atoms with E-state index in [-0.39, 0.29) is 22.2 Å². The highest BCUT2D eigenvalue weighted by atomic mass is 35.5. The molecule has 0 aliphatic heterocycles. The average Bonchev–Trinajstić information content (AvgIpc) is 2.36. The van der Waals surface area contributed by atoms with E-state index in [4.69, 9.17) is 16.7 Å². The van der Waals surface area contributed by atoms with Crippen molar-refractivity contribution >= 4 is 35.2 Å². The molecule has 0 aromatic heterocycles. The lowest BCUT2D eigenvalue weighted by molar-refractivity contribution is -0.126. The first-order chi connectivity index (χ1) is 8.45. The van der Waals surface area contributed by atoms with Gasteiger partial charge in [0.05, 0.1) is 16.3 Å². The smallest absolute Gasteiger partial charge is 0.337 e. The maximum atomic E-state index is 11.6. The van der Waals surface area contributed by atoms with Crippen LogP contribution in [-0.4, -0.2) is 41.2 Å². The van der Waals surface area contributed by atoms with Crippen LogP contribution in [0.1, 0.15) is 17.3 Å². The summed E-state index contributed by atoms with van der Waals surface area (Å²) in [7, 11) is 1.73. The topological polar surface area (TPSA) is 57.6 Å². The third kappa shape index (κ3) is 3.92. The molecule has 0 heterocycles. The van der Waals surface area contributed by atoms with Gasteiger partial charge in [-0.2, -0.15) is 0 Å². The van der Waals surface area contributed by atoms with Gasteiger partial charge in [-0.05, 0) is 25.1 Å². The molecule has 1 aromatic carbocycles. The molecular formula is C12H14ClNO3S. The summed E-state index contributed by atoms with van der Waals surface area (Å²) in [6.07, 6.45) is 0. The van der Waals surface area contributed by atoms with Crippen molar-refractivity contribution in [2.45, 2.75) is 11.8 Å². The Morgan fingerprint density at radius 3 is 2.67 bits per heavy atom. The molecular weight excluding hydrogens is 274 g/mol. The van der Waals surface area contributed by atoms with Gasteiger partial charge < -0.3 is 10.0 Å². The molecule has 0 radical (unpaired) electrons. The first-order valence-corrected chi connectivity index (χ1v) is 6.71. The van der Waals surface area contributed by atoms with Crippen LogP contribution in [0.4, 0.5) is 0 Å². The first kappa shape index (κ1) is 14.9. The van der Waals surface area contributed by atoms with Crippen LogP contribution in [0.5, 0.6) is 0 Å². The number of nitrogens with zero attached hydrogens (tertiary/aromatic N) is 1. The minimum Gasteiger partial charge on any atom is -0.478 e. The normalized spacial score (nSPS) is 10.2. The van der Waals surface area contributed by atoms with Gasteiger partial charge >= 0.3 is 5.97 Å². The Hall–Kier alpha value is -1.20. The Morgan fingerprint density at radius 2 is 2.11 bits per heavy atom. The molecule has 1 rings (SSSR count). The van der Waals surface area contributed by atoms with E-state index in [0.29, 0.717) is 6.54 Å². The highest BCUT2D eigenvalue weighted by Crippen LogP contribution is 2.24. The first-order valence-electron chi connectivity index (χ1n) is 5.35. The van der Waals surface area contributed by atoms with Gasteiger partial charge in [-0.15, -0.1) is 11.8 Å². The number of rotatable bonds is 5. The SMILES string of the molecule is CCN(C)C(=O)CSc1ccc(Cl)c(C(=O)O)c1. The van der Waals surface area contributed by atoms with E-state index in [1.54, 1.807) is 18.0 Å². The predicted molar refractivity (Wildman–Crippen MR) is 72.4 cm³/mol. The number of carboxylic acid groups (broad SMARTS) is 1. The largest absolute Gasteiger partial charge is 0.478 e. The molecule has 0 atom stereocenters. The Labute approximate surface area is 115 Å². The Morgan fingerprint density at radius 1 is 1.44 bits per heavy atom. The van der Waals surface area contributed by atoms with Gasteiger partial charge in [0.2, 0.25) is 5.91 Å². The summed E-state index contributed by atoms with van der Waals surface area (Å²) < 4.78 is 0. The van der Waals surface area contributed by atoms with Crippen molar-refractivity contribution in [3.63, 3.8) is 0 Å². The lowest BCUT2D eigenvalue weighted by Crippen LogP contribution is -2.27. The third-order valence-electron chi connectivity index (χ3n) is 2.43. The van der Waals surface area contributed by atoms with Gasteiger partial charge in [-0.3, -0.25) is 4.79 Å². The third-order valence-corrected chi connectivity index (χ3v) is 3.74. The molecule has 0 aliphatic carbocycles. The van der Waals surface area contributed by atoms with Crippen molar-refractivity contribution in [1.29, 1.82) is 0 Å². The van der Waals surface area contributed by atoms with Crippen molar-refractivity contribution in [2.75, 3.05) is 19.3 Å². The van der Waals surface area contributed by atoms with Crippen molar-refractivity contribution in [1.82, 2.24) is 4.90 Å². The van der Waals surface area contributed by atoms with Crippen molar-refractivity contribution in [3.05, 3.63) is 28.8 Å². The maximum Gasteiger partial charge on any atom is 0.337 e. The van der Waals surface area contributed by atoms with Crippen LogP contribution in [0, 0.1) is 0 Å². The highest BCUT2D eigenvalue weighted by molar-refractivity contribution is 8.00. The number of halogens is 1. The molecule has 0 bridgehead atoms. The van der Waals surface area contributed by atoms with Gasteiger partial charge in [0, 0.05) is 18.5 Å². The zero-order valence-corrected chi connectivity index (χ0v) is 11.7. The van der Waals surface area contributed by atoms with Gasteiger partial charge in [-0.25, -0.2) is 4.79 Å². The minimum absolute atomic E-state index is 0.00863. The fraction of sp³-hybridized carbons (Fsp3) is 0.333. The zero-order chi connectivity index (χ0) is 13.7. The molecule has 0 spiro atoms. The number of amides is 1. The highest BCUT2D eigenvalue weighted by Gasteiger charge is 2.11. The summed E-state index contributed by atoms with van der Waals surface area (Å²) in [4.78, 5) is 24.8. The van der Waals surface area contributed by atoms with Gasteiger partial charge in [0.1, 0.15) is 0 Å². The molecule has 0 unspecified atom stereocenters. The van der Waals surface area contributed by atoms with Gasteiger partial charge in [0.15, 0.2) is 0 Å². The van der Waals surface area contributed by atoms with E-state index in [0.717, 1.165) is 4.90 Å². The average molecular weight is 288 g/mol.